The lowest BCUT2D eigenvalue weighted by Gasteiger charge is -2.43. The van der Waals surface area contributed by atoms with Gasteiger partial charge in [0.15, 0.2) is 5.54 Å². The predicted octanol–water partition coefficient (Wildman–Crippen LogP) is 3.91. The predicted molar refractivity (Wildman–Crippen MR) is 139 cm³/mol. The van der Waals surface area contributed by atoms with Gasteiger partial charge in [0.05, 0.1) is 30.9 Å². The summed E-state index contributed by atoms with van der Waals surface area (Å²) in [6.45, 7) is 1.78. The van der Waals surface area contributed by atoms with Crippen LogP contribution < -0.4 is 5.32 Å². The highest BCUT2D eigenvalue weighted by Crippen LogP contribution is 2.53. The molecule has 8 nitrogen and oxygen atoms in total. The smallest absolute Gasteiger partial charge is 0.335 e. The van der Waals surface area contributed by atoms with Crippen molar-refractivity contribution in [1.29, 1.82) is 0 Å². The fraction of sp³-hybridized carbons (Fsp3) is 0.241. The van der Waals surface area contributed by atoms with E-state index in [1.165, 1.54) is 7.11 Å². The minimum absolute atomic E-state index is 0.0996. The number of halogens is 1. The fourth-order valence-corrected chi connectivity index (χ4v) is 5.80. The van der Waals surface area contributed by atoms with E-state index in [-0.39, 0.29) is 17.7 Å². The van der Waals surface area contributed by atoms with Crippen molar-refractivity contribution in [2.24, 2.45) is 0 Å². The summed E-state index contributed by atoms with van der Waals surface area (Å²) in [6.07, 6.45) is 0. The van der Waals surface area contributed by atoms with Crippen molar-refractivity contribution in [2.45, 2.75) is 30.5 Å². The van der Waals surface area contributed by atoms with Gasteiger partial charge in [-0.05, 0) is 42.3 Å². The zero-order valence-electron chi connectivity index (χ0n) is 20.7. The van der Waals surface area contributed by atoms with E-state index in [4.69, 9.17) is 21.1 Å². The summed E-state index contributed by atoms with van der Waals surface area (Å²) in [5, 5.41) is 3.70. The Labute approximate surface area is 224 Å². The molecule has 4 atom stereocenters. The molecule has 0 bridgehead atoms. The fourth-order valence-electron chi connectivity index (χ4n) is 5.68. The lowest BCUT2D eigenvalue weighted by atomic mass is 9.72. The van der Waals surface area contributed by atoms with Gasteiger partial charge < -0.3 is 9.47 Å². The van der Waals surface area contributed by atoms with Crippen molar-refractivity contribution < 1.29 is 28.7 Å². The van der Waals surface area contributed by atoms with E-state index in [0.29, 0.717) is 16.1 Å². The first-order valence-electron chi connectivity index (χ1n) is 12.2. The first kappa shape index (κ1) is 25.6. The van der Waals surface area contributed by atoms with E-state index in [0.717, 1.165) is 4.90 Å². The molecule has 3 aromatic rings. The van der Waals surface area contributed by atoms with Crippen LogP contribution in [-0.4, -0.2) is 54.0 Å². The van der Waals surface area contributed by atoms with Gasteiger partial charge >= 0.3 is 11.9 Å². The summed E-state index contributed by atoms with van der Waals surface area (Å²) < 4.78 is 10.8. The average molecular weight is 533 g/mol. The van der Waals surface area contributed by atoms with Crippen LogP contribution in [-0.2, 0) is 19.1 Å². The number of nitrogens with one attached hydrogen (secondary N) is 1. The number of amides is 2. The molecule has 38 heavy (non-hydrogen) atoms. The Morgan fingerprint density at radius 1 is 0.895 bits per heavy atom. The van der Waals surface area contributed by atoms with Crippen molar-refractivity contribution >= 4 is 35.4 Å². The van der Waals surface area contributed by atoms with E-state index in [1.54, 1.807) is 85.8 Å². The number of fused-ring (bicyclic) bond motifs is 1. The van der Waals surface area contributed by atoms with Crippen LogP contribution in [0.4, 0.5) is 0 Å². The summed E-state index contributed by atoms with van der Waals surface area (Å²) >= 11 is 6.15. The lowest BCUT2D eigenvalue weighted by molar-refractivity contribution is -0.154. The monoisotopic (exact) mass is 532 g/mol. The third kappa shape index (κ3) is 3.79. The number of benzene rings is 3. The highest BCUT2D eigenvalue weighted by atomic mass is 35.5. The zero-order valence-corrected chi connectivity index (χ0v) is 21.5. The molecular weight excluding hydrogens is 508 g/mol. The normalized spacial score (nSPS) is 24.3. The Bertz CT molecular complexity index is 1380. The number of carbonyl (C=O) groups is 4. The molecule has 9 heteroatoms. The van der Waals surface area contributed by atoms with Gasteiger partial charge in [-0.3, -0.25) is 24.6 Å². The summed E-state index contributed by atoms with van der Waals surface area (Å²) in [4.78, 5) is 56.4. The number of hydrogen-bond acceptors (Lipinski definition) is 7. The van der Waals surface area contributed by atoms with E-state index in [9.17, 15) is 19.2 Å². The van der Waals surface area contributed by atoms with Gasteiger partial charge in [-0.15, -0.1) is 0 Å². The van der Waals surface area contributed by atoms with Crippen molar-refractivity contribution in [3.8, 4) is 0 Å². The van der Waals surface area contributed by atoms with E-state index in [1.807, 2.05) is 0 Å². The topological polar surface area (TPSA) is 102 Å². The van der Waals surface area contributed by atoms with Gasteiger partial charge in [0, 0.05) is 10.9 Å². The minimum Gasteiger partial charge on any atom is -0.467 e. The number of ether oxygens (including phenoxy) is 2. The van der Waals surface area contributed by atoms with Gasteiger partial charge in [0.2, 0.25) is 0 Å². The molecule has 0 radical (unpaired) electrons. The average Bonchev–Trinajstić information content (AvgIpc) is 3.42. The van der Waals surface area contributed by atoms with Crippen molar-refractivity contribution in [3.05, 3.63) is 106 Å². The number of nitrogens with zero attached hydrogens (tertiary/aromatic N) is 1. The van der Waals surface area contributed by atoms with Gasteiger partial charge in [-0.1, -0.05) is 66.2 Å². The highest BCUT2D eigenvalue weighted by molar-refractivity contribution is 6.30. The molecule has 5 rings (SSSR count). The summed E-state index contributed by atoms with van der Waals surface area (Å²) in [7, 11) is 1.20. The Kier molecular flexibility index (Phi) is 6.77. The largest absolute Gasteiger partial charge is 0.467 e. The van der Waals surface area contributed by atoms with Crippen molar-refractivity contribution in [2.75, 3.05) is 13.7 Å². The number of rotatable bonds is 6. The molecule has 0 unspecified atom stereocenters. The molecule has 1 N–H and O–H groups in total. The second-order valence-corrected chi connectivity index (χ2v) is 9.51. The molecule has 3 aromatic carbocycles. The van der Waals surface area contributed by atoms with Crippen molar-refractivity contribution in [3.63, 3.8) is 0 Å². The van der Waals surface area contributed by atoms with Crippen molar-refractivity contribution in [1.82, 2.24) is 10.2 Å². The first-order chi connectivity index (χ1) is 18.4. The third-order valence-corrected chi connectivity index (χ3v) is 7.42. The van der Waals surface area contributed by atoms with Gasteiger partial charge in [0.25, 0.3) is 11.8 Å². The molecule has 1 saturated heterocycles. The number of methoxy groups -OCH3 is 1. The lowest BCUT2D eigenvalue weighted by Crippen LogP contribution is -2.63. The van der Waals surface area contributed by atoms with Crippen LogP contribution in [0.15, 0.2) is 78.9 Å². The van der Waals surface area contributed by atoms with E-state index in [2.05, 4.69) is 5.32 Å². The second kappa shape index (κ2) is 10.0. The van der Waals surface area contributed by atoms with Crippen LogP contribution in [0, 0.1) is 0 Å². The number of esters is 2. The van der Waals surface area contributed by atoms with E-state index >= 15 is 0 Å². The molecule has 2 amide bonds. The molecule has 0 saturated carbocycles. The van der Waals surface area contributed by atoms with Crippen LogP contribution in [0.25, 0.3) is 0 Å². The molecule has 2 heterocycles. The van der Waals surface area contributed by atoms with Crippen LogP contribution in [0.1, 0.15) is 50.7 Å². The summed E-state index contributed by atoms with van der Waals surface area (Å²) in [5.41, 5.74) is -0.571. The second-order valence-electron chi connectivity index (χ2n) is 9.08. The van der Waals surface area contributed by atoms with Crippen LogP contribution >= 0.6 is 11.6 Å². The molecular formula is C29H25ClN2O6. The molecule has 194 valence electrons. The van der Waals surface area contributed by atoms with Gasteiger partial charge in [-0.2, -0.15) is 0 Å². The number of carbonyl (C=O) groups excluding carboxylic acids is 4. The standard InChI is InChI=1S/C29H25ClN2O6/c1-3-38-27(35)23-22(17-9-5-4-6-10-17)29(28(36)37-2,24(31-23)18-13-15-19(30)16-14-18)32-25(33)20-11-7-8-12-21(20)26(32)34/h4-16,22-24,31H,3H2,1-2H3/t22-,23+,24+,29-/m0/s1. The first-order valence-corrected chi connectivity index (χ1v) is 12.5. The Morgan fingerprint density at radius 3 is 2.03 bits per heavy atom. The summed E-state index contributed by atoms with van der Waals surface area (Å²) in [6, 6.07) is 19.7. The van der Waals surface area contributed by atoms with Gasteiger partial charge in [-0.25, -0.2) is 4.79 Å². The molecule has 0 aromatic heterocycles. The van der Waals surface area contributed by atoms with Gasteiger partial charge in [0.1, 0.15) is 6.04 Å². The number of hydrogen-bond donors (Lipinski definition) is 1. The zero-order chi connectivity index (χ0) is 27.0. The van der Waals surface area contributed by atoms with E-state index < -0.39 is 47.3 Å². The molecule has 1 fully saturated rings. The Morgan fingerprint density at radius 2 is 1.47 bits per heavy atom. The maximum absolute atomic E-state index is 14.1. The highest BCUT2D eigenvalue weighted by Gasteiger charge is 2.70. The van der Waals surface area contributed by atoms with Crippen LogP contribution in [0.2, 0.25) is 5.02 Å². The third-order valence-electron chi connectivity index (χ3n) is 7.17. The quantitative estimate of drug-likeness (QED) is 0.379. The van der Waals surface area contributed by atoms with Crippen LogP contribution in [0.3, 0.4) is 0 Å². The van der Waals surface area contributed by atoms with Crippen LogP contribution in [0.5, 0.6) is 0 Å². The molecule has 2 aliphatic heterocycles. The molecule has 2 aliphatic rings. The molecule has 0 aliphatic carbocycles. The maximum atomic E-state index is 14.1. The number of imide groups is 1. The molecule has 0 spiro atoms. The summed E-state index contributed by atoms with van der Waals surface area (Å²) in [5.74, 6) is -3.81. The minimum atomic E-state index is -1.99. The SMILES string of the molecule is CCOC(=O)[C@@H]1N[C@H](c2ccc(Cl)cc2)[C@@](C(=O)OC)(N2C(=O)c3ccccc3C2=O)[C@H]1c1ccccc1. The Hall–Kier alpha value is -4.01. The Balaban J connectivity index is 1.84. The maximum Gasteiger partial charge on any atom is 0.335 e.